The van der Waals surface area contributed by atoms with Crippen molar-refractivity contribution in [3.63, 3.8) is 0 Å². The molecule has 0 atom stereocenters. The largest absolute Gasteiger partial charge is 0.349 e. The van der Waals surface area contributed by atoms with E-state index in [0.29, 0.717) is 0 Å². The number of amides is 1. The van der Waals surface area contributed by atoms with Crippen LogP contribution >= 0.6 is 11.3 Å². The molecule has 5 nitrogen and oxygen atoms in total. The van der Waals surface area contributed by atoms with Gasteiger partial charge in [0.05, 0.1) is 20.8 Å². The number of aromatic amines is 1. The van der Waals surface area contributed by atoms with Crippen LogP contribution in [0.1, 0.15) is 54.4 Å². The molecule has 0 spiro atoms. The van der Waals surface area contributed by atoms with Crippen LogP contribution in [0.3, 0.4) is 0 Å². The van der Waals surface area contributed by atoms with Crippen LogP contribution in [0.4, 0.5) is 0 Å². The van der Waals surface area contributed by atoms with Gasteiger partial charge in [-0.1, -0.05) is 57.2 Å². The molecule has 4 aromatic rings. The van der Waals surface area contributed by atoms with E-state index in [1.54, 1.807) is 0 Å². The molecule has 5 rings (SSSR count). The summed E-state index contributed by atoms with van der Waals surface area (Å²) >= 11 is 1.49. The molecule has 0 bridgehead atoms. The molecule has 1 aliphatic heterocycles. The highest BCUT2D eigenvalue weighted by Gasteiger charge is 2.22. The molecular weight excluding hydrogens is 440 g/mol. The number of rotatable bonds is 5. The predicted octanol–water partition coefficient (Wildman–Crippen LogP) is 5.98. The van der Waals surface area contributed by atoms with E-state index in [1.165, 1.54) is 22.5 Å². The van der Waals surface area contributed by atoms with Crippen molar-refractivity contribution >= 4 is 28.3 Å². The summed E-state index contributed by atoms with van der Waals surface area (Å²) in [5, 5.41) is 3.25. The first-order valence-corrected chi connectivity index (χ1v) is 12.8. The van der Waals surface area contributed by atoms with E-state index in [0.717, 1.165) is 59.1 Å². The van der Waals surface area contributed by atoms with Gasteiger partial charge in [0.25, 0.3) is 5.91 Å². The Morgan fingerprint density at radius 2 is 1.85 bits per heavy atom. The van der Waals surface area contributed by atoms with E-state index in [1.807, 2.05) is 12.1 Å². The number of benzene rings is 2. The second-order valence-corrected chi connectivity index (χ2v) is 11.3. The van der Waals surface area contributed by atoms with Crippen LogP contribution in [0.2, 0.25) is 0 Å². The Labute approximate surface area is 205 Å². The van der Waals surface area contributed by atoms with Gasteiger partial charge in [-0.25, -0.2) is 4.98 Å². The van der Waals surface area contributed by atoms with E-state index < -0.39 is 0 Å². The standard InChI is InChI=1S/C28H32N4OS/c1-28(2,3)20-9-10-22-23(17-20)31-26(30-22)24-11-12-25(34-24)27(33)29-21-13-15-32(16-14-21)18-19-7-5-4-6-8-19/h4-12,17,21H,13-16,18H2,1-3H3,(H,29,33)(H,30,31). The molecule has 1 aliphatic rings. The van der Waals surface area contributed by atoms with Crippen LogP contribution in [0.5, 0.6) is 0 Å². The Balaban J connectivity index is 1.20. The van der Waals surface area contributed by atoms with Crippen molar-refractivity contribution < 1.29 is 4.79 Å². The maximum absolute atomic E-state index is 12.9. The normalized spacial score (nSPS) is 15.6. The third-order valence-corrected chi connectivity index (χ3v) is 7.67. The van der Waals surface area contributed by atoms with Crippen LogP contribution in [-0.2, 0) is 12.0 Å². The van der Waals surface area contributed by atoms with E-state index in [9.17, 15) is 4.79 Å². The van der Waals surface area contributed by atoms with E-state index >= 15 is 0 Å². The smallest absolute Gasteiger partial charge is 0.261 e. The molecule has 2 aromatic heterocycles. The summed E-state index contributed by atoms with van der Waals surface area (Å²) in [6.45, 7) is 9.62. The van der Waals surface area contributed by atoms with Gasteiger partial charge in [-0.05, 0) is 53.6 Å². The fourth-order valence-corrected chi connectivity index (χ4v) is 5.37. The summed E-state index contributed by atoms with van der Waals surface area (Å²) < 4.78 is 0. The number of carbonyl (C=O) groups is 1. The van der Waals surface area contributed by atoms with Crippen molar-refractivity contribution in [3.8, 4) is 10.7 Å². The zero-order valence-electron chi connectivity index (χ0n) is 20.1. The topological polar surface area (TPSA) is 61.0 Å². The van der Waals surface area contributed by atoms with Gasteiger partial charge in [-0.15, -0.1) is 11.3 Å². The molecule has 0 radical (unpaired) electrons. The van der Waals surface area contributed by atoms with Gasteiger partial charge in [0.15, 0.2) is 0 Å². The first kappa shape index (κ1) is 22.8. The monoisotopic (exact) mass is 472 g/mol. The van der Waals surface area contributed by atoms with Crippen molar-refractivity contribution in [3.05, 3.63) is 76.7 Å². The number of H-pyrrole nitrogens is 1. The van der Waals surface area contributed by atoms with Crippen LogP contribution < -0.4 is 5.32 Å². The summed E-state index contributed by atoms with van der Waals surface area (Å²) in [7, 11) is 0. The lowest BCUT2D eigenvalue weighted by atomic mass is 9.87. The Bertz CT molecular complexity index is 1280. The van der Waals surface area contributed by atoms with Crippen molar-refractivity contribution in [1.29, 1.82) is 0 Å². The summed E-state index contributed by atoms with van der Waals surface area (Å²) in [6, 6.07) is 21.1. The van der Waals surface area contributed by atoms with Gasteiger partial charge < -0.3 is 10.3 Å². The molecule has 176 valence electrons. The lowest BCUT2D eigenvalue weighted by Crippen LogP contribution is -2.44. The molecular formula is C28H32N4OS. The maximum Gasteiger partial charge on any atom is 0.261 e. The Morgan fingerprint density at radius 1 is 1.09 bits per heavy atom. The quantitative estimate of drug-likeness (QED) is 0.375. The number of hydrogen-bond donors (Lipinski definition) is 2. The molecule has 0 aliphatic carbocycles. The minimum atomic E-state index is 0.0175. The molecule has 2 aromatic carbocycles. The van der Waals surface area contributed by atoms with Crippen LogP contribution in [0, 0.1) is 0 Å². The molecule has 2 N–H and O–H groups in total. The van der Waals surface area contributed by atoms with Crippen LogP contribution in [-0.4, -0.2) is 39.9 Å². The molecule has 1 amide bonds. The lowest BCUT2D eigenvalue weighted by Gasteiger charge is -2.32. The van der Waals surface area contributed by atoms with Gasteiger partial charge in [-0.3, -0.25) is 9.69 Å². The van der Waals surface area contributed by atoms with E-state index in [-0.39, 0.29) is 17.4 Å². The number of carbonyl (C=O) groups excluding carboxylic acids is 1. The molecule has 0 unspecified atom stereocenters. The lowest BCUT2D eigenvalue weighted by molar-refractivity contribution is 0.0913. The highest BCUT2D eigenvalue weighted by molar-refractivity contribution is 7.17. The number of fused-ring (bicyclic) bond motifs is 1. The van der Waals surface area contributed by atoms with E-state index in [4.69, 9.17) is 4.98 Å². The second kappa shape index (κ2) is 9.35. The number of aromatic nitrogens is 2. The van der Waals surface area contributed by atoms with Gasteiger partial charge in [0.1, 0.15) is 5.82 Å². The number of piperidine rings is 1. The molecule has 3 heterocycles. The number of likely N-dealkylation sites (tertiary alicyclic amines) is 1. The first-order chi connectivity index (χ1) is 16.3. The molecule has 6 heteroatoms. The van der Waals surface area contributed by atoms with Gasteiger partial charge in [-0.2, -0.15) is 0 Å². The Hall–Kier alpha value is -2.96. The van der Waals surface area contributed by atoms with Crippen molar-refractivity contribution in [2.45, 2.75) is 51.6 Å². The summed E-state index contributed by atoms with van der Waals surface area (Å²) in [6.07, 6.45) is 1.97. The average Bonchev–Trinajstić information content (AvgIpc) is 3.47. The zero-order chi connectivity index (χ0) is 23.7. The minimum Gasteiger partial charge on any atom is -0.349 e. The molecule has 1 saturated heterocycles. The highest BCUT2D eigenvalue weighted by Crippen LogP contribution is 2.30. The van der Waals surface area contributed by atoms with Gasteiger partial charge in [0, 0.05) is 25.7 Å². The van der Waals surface area contributed by atoms with Crippen LogP contribution in [0.15, 0.2) is 60.7 Å². The summed E-state index contributed by atoms with van der Waals surface area (Å²) in [5.41, 5.74) is 4.69. The fraction of sp³-hybridized carbons (Fsp3) is 0.357. The molecule has 1 fully saturated rings. The predicted molar refractivity (Wildman–Crippen MR) is 140 cm³/mol. The molecule has 0 saturated carbocycles. The maximum atomic E-state index is 12.9. The van der Waals surface area contributed by atoms with Crippen LogP contribution in [0.25, 0.3) is 21.7 Å². The average molecular weight is 473 g/mol. The van der Waals surface area contributed by atoms with Crippen molar-refractivity contribution in [1.82, 2.24) is 20.2 Å². The summed E-state index contributed by atoms with van der Waals surface area (Å²) in [4.78, 5) is 25.3. The highest BCUT2D eigenvalue weighted by atomic mass is 32.1. The number of imidazole rings is 1. The zero-order valence-corrected chi connectivity index (χ0v) is 20.9. The number of nitrogens with zero attached hydrogens (tertiary/aromatic N) is 2. The summed E-state index contributed by atoms with van der Waals surface area (Å²) in [5.74, 6) is 0.836. The second-order valence-electron chi connectivity index (χ2n) is 10.2. The third-order valence-electron chi connectivity index (χ3n) is 6.58. The number of nitrogens with one attached hydrogen (secondary N) is 2. The minimum absolute atomic E-state index is 0.0175. The Morgan fingerprint density at radius 3 is 2.59 bits per heavy atom. The fourth-order valence-electron chi connectivity index (χ4n) is 4.51. The van der Waals surface area contributed by atoms with Crippen molar-refractivity contribution in [2.24, 2.45) is 0 Å². The number of thiophene rings is 1. The third kappa shape index (κ3) is 5.08. The number of hydrogen-bond acceptors (Lipinski definition) is 4. The van der Waals surface area contributed by atoms with Crippen molar-refractivity contribution in [2.75, 3.05) is 13.1 Å². The SMILES string of the molecule is CC(C)(C)c1ccc2nc(-c3ccc(C(=O)NC4CCN(Cc5ccccc5)CC4)s3)[nH]c2c1. The molecule has 34 heavy (non-hydrogen) atoms. The Kier molecular flexibility index (Phi) is 6.28. The van der Waals surface area contributed by atoms with Gasteiger partial charge >= 0.3 is 0 Å². The van der Waals surface area contributed by atoms with E-state index in [2.05, 4.69) is 84.5 Å². The van der Waals surface area contributed by atoms with Gasteiger partial charge in [0.2, 0.25) is 0 Å². The first-order valence-electron chi connectivity index (χ1n) is 12.0.